The highest BCUT2D eigenvalue weighted by molar-refractivity contribution is 5.33. The number of aromatic nitrogens is 3. The van der Waals surface area contributed by atoms with E-state index < -0.39 is 0 Å². The molecule has 7 nitrogen and oxygen atoms in total. The zero-order chi connectivity index (χ0) is 10.6. The van der Waals surface area contributed by atoms with Gasteiger partial charge in [0.25, 0.3) is 0 Å². The molecule has 0 aliphatic rings. The topological polar surface area (TPSA) is 97.4 Å². The first kappa shape index (κ1) is 10.5. The number of hydrogen-bond acceptors (Lipinski definition) is 7. The van der Waals surface area contributed by atoms with Crippen LogP contribution in [0.4, 0.5) is 11.9 Å². The highest BCUT2D eigenvalue weighted by atomic mass is 16.5. The van der Waals surface area contributed by atoms with Gasteiger partial charge in [-0.05, 0) is 0 Å². The lowest BCUT2D eigenvalue weighted by Crippen LogP contribution is -2.16. The maximum Gasteiger partial charge on any atom is 0.323 e. The van der Waals surface area contributed by atoms with Crippen LogP contribution in [0.3, 0.4) is 0 Å². The van der Waals surface area contributed by atoms with E-state index in [1.807, 2.05) is 0 Å². The number of rotatable bonds is 4. The number of ether oxygens (including phenoxy) is 1. The molecular formula is C7H13N5O2. The smallest absolute Gasteiger partial charge is 0.323 e. The SMILES string of the molecule is CN(C)c1nc(N)nc(OCCO)n1. The van der Waals surface area contributed by atoms with Gasteiger partial charge in [0.1, 0.15) is 6.61 Å². The van der Waals surface area contributed by atoms with Gasteiger partial charge in [0.05, 0.1) is 6.61 Å². The van der Waals surface area contributed by atoms with Crippen molar-refractivity contribution in [3.63, 3.8) is 0 Å². The van der Waals surface area contributed by atoms with Gasteiger partial charge in [-0.1, -0.05) is 0 Å². The molecule has 0 radical (unpaired) electrons. The largest absolute Gasteiger partial charge is 0.461 e. The van der Waals surface area contributed by atoms with Gasteiger partial charge in [0.15, 0.2) is 0 Å². The van der Waals surface area contributed by atoms with Crippen LogP contribution in [0, 0.1) is 0 Å². The van der Waals surface area contributed by atoms with Crippen LogP contribution < -0.4 is 15.4 Å². The Morgan fingerprint density at radius 2 is 2.07 bits per heavy atom. The molecule has 0 bridgehead atoms. The van der Waals surface area contributed by atoms with Gasteiger partial charge in [0.2, 0.25) is 11.9 Å². The fourth-order valence-electron chi connectivity index (χ4n) is 0.762. The zero-order valence-electron chi connectivity index (χ0n) is 8.14. The summed E-state index contributed by atoms with van der Waals surface area (Å²) in [5.74, 6) is 0.516. The first-order valence-electron chi connectivity index (χ1n) is 4.06. The lowest BCUT2D eigenvalue weighted by Gasteiger charge is -2.11. The van der Waals surface area contributed by atoms with E-state index in [-0.39, 0.29) is 25.2 Å². The molecule has 0 aliphatic heterocycles. The maximum atomic E-state index is 8.54. The Bertz CT molecular complexity index is 304. The van der Waals surface area contributed by atoms with E-state index in [1.165, 1.54) is 0 Å². The monoisotopic (exact) mass is 199 g/mol. The van der Waals surface area contributed by atoms with Crippen LogP contribution in [0.1, 0.15) is 0 Å². The van der Waals surface area contributed by atoms with E-state index in [1.54, 1.807) is 19.0 Å². The standard InChI is InChI=1S/C7H13N5O2/c1-12(2)6-9-5(8)10-7(11-6)14-4-3-13/h13H,3-4H2,1-2H3,(H2,8,9,10,11). The Morgan fingerprint density at radius 3 is 2.64 bits per heavy atom. The van der Waals surface area contributed by atoms with Crippen LogP contribution in [0.2, 0.25) is 0 Å². The molecule has 1 heterocycles. The zero-order valence-corrected chi connectivity index (χ0v) is 8.14. The first-order chi connectivity index (χ1) is 6.63. The van der Waals surface area contributed by atoms with Crippen molar-refractivity contribution in [3.05, 3.63) is 0 Å². The molecule has 7 heteroatoms. The van der Waals surface area contributed by atoms with Crippen molar-refractivity contribution in [1.29, 1.82) is 0 Å². The van der Waals surface area contributed by atoms with E-state index in [4.69, 9.17) is 15.6 Å². The molecule has 0 fully saturated rings. The van der Waals surface area contributed by atoms with Crippen LogP contribution >= 0.6 is 0 Å². The van der Waals surface area contributed by atoms with Gasteiger partial charge in [-0.2, -0.15) is 15.0 Å². The molecule has 0 aliphatic carbocycles. The highest BCUT2D eigenvalue weighted by Crippen LogP contribution is 2.10. The third kappa shape index (κ3) is 2.70. The summed E-state index contributed by atoms with van der Waals surface area (Å²) in [6.45, 7) is 0.0409. The molecule has 0 saturated carbocycles. The summed E-state index contributed by atoms with van der Waals surface area (Å²) in [6, 6.07) is 0.121. The summed E-state index contributed by atoms with van der Waals surface area (Å²) in [6.07, 6.45) is 0. The third-order valence-electron chi connectivity index (χ3n) is 1.34. The average Bonchev–Trinajstić information content (AvgIpc) is 2.14. The van der Waals surface area contributed by atoms with Crippen molar-refractivity contribution in [3.8, 4) is 6.01 Å². The molecular weight excluding hydrogens is 186 g/mol. The van der Waals surface area contributed by atoms with Crippen molar-refractivity contribution >= 4 is 11.9 Å². The molecule has 0 atom stereocenters. The van der Waals surface area contributed by atoms with Crippen molar-refractivity contribution in [2.45, 2.75) is 0 Å². The van der Waals surface area contributed by atoms with Crippen LogP contribution in [0.25, 0.3) is 0 Å². The van der Waals surface area contributed by atoms with Gasteiger partial charge >= 0.3 is 6.01 Å². The minimum atomic E-state index is -0.0944. The Hall–Kier alpha value is -1.63. The van der Waals surface area contributed by atoms with Crippen molar-refractivity contribution in [2.75, 3.05) is 37.9 Å². The van der Waals surface area contributed by atoms with Crippen LogP contribution in [0.15, 0.2) is 0 Å². The maximum absolute atomic E-state index is 8.54. The number of nitrogens with two attached hydrogens (primary N) is 1. The first-order valence-corrected chi connectivity index (χ1v) is 4.06. The quantitative estimate of drug-likeness (QED) is 0.634. The van der Waals surface area contributed by atoms with Gasteiger partial charge in [-0.25, -0.2) is 0 Å². The Balaban J connectivity index is 2.84. The second kappa shape index (κ2) is 4.56. The van der Waals surface area contributed by atoms with Gasteiger partial charge in [-0.15, -0.1) is 0 Å². The number of nitrogen functional groups attached to an aromatic ring is 1. The number of aliphatic hydroxyl groups excluding tert-OH is 1. The Kier molecular flexibility index (Phi) is 3.41. The van der Waals surface area contributed by atoms with E-state index in [2.05, 4.69) is 15.0 Å². The van der Waals surface area contributed by atoms with Crippen molar-refractivity contribution in [2.24, 2.45) is 0 Å². The van der Waals surface area contributed by atoms with E-state index in [0.29, 0.717) is 5.95 Å². The molecule has 0 spiro atoms. The molecule has 14 heavy (non-hydrogen) atoms. The average molecular weight is 199 g/mol. The predicted octanol–water partition coefficient (Wildman–Crippen LogP) is -1.11. The summed E-state index contributed by atoms with van der Waals surface area (Å²) in [5.41, 5.74) is 5.44. The number of nitrogens with zero attached hydrogens (tertiary/aromatic N) is 4. The molecule has 3 N–H and O–H groups in total. The molecule has 1 aromatic heterocycles. The Labute approximate surface area is 81.6 Å². The molecule has 0 amide bonds. The molecule has 0 aromatic carbocycles. The van der Waals surface area contributed by atoms with Crippen molar-refractivity contribution < 1.29 is 9.84 Å². The Morgan fingerprint density at radius 1 is 1.36 bits per heavy atom. The summed E-state index contributed by atoms with van der Waals surface area (Å²) in [7, 11) is 3.56. The predicted molar refractivity (Wildman–Crippen MR) is 51.1 cm³/mol. The summed E-state index contributed by atoms with van der Waals surface area (Å²) in [5, 5.41) is 8.54. The molecule has 1 rings (SSSR count). The summed E-state index contributed by atoms with van der Waals surface area (Å²) >= 11 is 0. The lowest BCUT2D eigenvalue weighted by atomic mass is 10.7. The highest BCUT2D eigenvalue weighted by Gasteiger charge is 2.06. The number of aliphatic hydroxyl groups is 1. The van der Waals surface area contributed by atoms with Crippen LogP contribution in [-0.2, 0) is 0 Å². The normalized spacial score (nSPS) is 9.93. The minimum Gasteiger partial charge on any atom is -0.461 e. The fourth-order valence-corrected chi connectivity index (χ4v) is 0.762. The second-order valence-electron chi connectivity index (χ2n) is 2.74. The second-order valence-corrected chi connectivity index (χ2v) is 2.74. The fraction of sp³-hybridized carbons (Fsp3) is 0.571. The van der Waals surface area contributed by atoms with Gasteiger partial charge < -0.3 is 20.5 Å². The number of hydrogen-bond donors (Lipinski definition) is 2. The summed E-state index contributed by atoms with van der Waals surface area (Å²) in [4.78, 5) is 13.3. The van der Waals surface area contributed by atoms with E-state index >= 15 is 0 Å². The molecule has 1 aromatic rings. The molecule has 0 unspecified atom stereocenters. The lowest BCUT2D eigenvalue weighted by molar-refractivity contribution is 0.191. The van der Waals surface area contributed by atoms with E-state index in [9.17, 15) is 0 Å². The van der Waals surface area contributed by atoms with Crippen molar-refractivity contribution in [1.82, 2.24) is 15.0 Å². The van der Waals surface area contributed by atoms with Crippen LogP contribution in [-0.4, -0.2) is 47.4 Å². The third-order valence-corrected chi connectivity index (χ3v) is 1.34. The van der Waals surface area contributed by atoms with E-state index in [0.717, 1.165) is 0 Å². The minimum absolute atomic E-state index is 0.0941. The van der Waals surface area contributed by atoms with Gasteiger partial charge in [0, 0.05) is 14.1 Å². The van der Waals surface area contributed by atoms with Crippen LogP contribution in [0.5, 0.6) is 6.01 Å². The van der Waals surface area contributed by atoms with Gasteiger partial charge in [-0.3, -0.25) is 0 Å². The number of anilines is 2. The molecule has 78 valence electrons. The summed E-state index contributed by atoms with van der Waals surface area (Å²) < 4.78 is 5.01. The molecule has 0 saturated heterocycles.